The predicted molar refractivity (Wildman–Crippen MR) is 150 cm³/mol. The van der Waals surface area contributed by atoms with Crippen molar-refractivity contribution >= 4 is 30.2 Å². The summed E-state index contributed by atoms with van der Waals surface area (Å²) in [6.07, 6.45) is 15.5. The first kappa shape index (κ1) is 29.4. The quantitative estimate of drug-likeness (QED) is 0.294. The van der Waals surface area contributed by atoms with Crippen molar-refractivity contribution in [3.8, 4) is 0 Å². The number of aromatic nitrogens is 3. The van der Waals surface area contributed by atoms with Crippen LogP contribution < -0.4 is 22.5 Å². The van der Waals surface area contributed by atoms with Gasteiger partial charge in [0, 0.05) is 30.1 Å². The summed E-state index contributed by atoms with van der Waals surface area (Å²) >= 11 is 0. The molecule has 37 heavy (non-hydrogen) atoms. The number of carbonyl (C=O) groups is 1. The molecule has 0 aromatic carbocycles. The first-order chi connectivity index (χ1) is 18.0. The molecule has 11 heteroatoms. The normalized spacial score (nSPS) is 16.9. The molecule has 4 rings (SSSR count). The van der Waals surface area contributed by atoms with Crippen LogP contribution in [-0.2, 0) is 0 Å². The van der Waals surface area contributed by atoms with Gasteiger partial charge in [-0.2, -0.15) is 5.10 Å². The average Bonchev–Trinajstić information content (AvgIpc) is 3.63. The topological polar surface area (TPSA) is 186 Å². The molecule has 2 saturated carbocycles. The number of pyridine rings is 1. The Bertz CT molecular complexity index is 1030. The molecule has 0 spiro atoms. The zero-order valence-electron chi connectivity index (χ0n) is 21.6. The summed E-state index contributed by atoms with van der Waals surface area (Å²) in [6, 6.07) is 7.39. The van der Waals surface area contributed by atoms with E-state index in [4.69, 9.17) is 11.5 Å². The molecule has 0 saturated heterocycles. The summed E-state index contributed by atoms with van der Waals surface area (Å²) < 4.78 is 0. The maximum absolute atomic E-state index is 11.8. The van der Waals surface area contributed by atoms with Crippen molar-refractivity contribution in [3.05, 3.63) is 54.1 Å². The summed E-state index contributed by atoms with van der Waals surface area (Å²) in [6.45, 7) is 3.33. The van der Waals surface area contributed by atoms with Gasteiger partial charge in [0.15, 0.2) is 11.8 Å². The zero-order chi connectivity index (χ0) is 26.9. The molecule has 2 aromatic rings. The van der Waals surface area contributed by atoms with E-state index >= 15 is 0 Å². The van der Waals surface area contributed by atoms with Crippen LogP contribution in [-0.4, -0.2) is 52.7 Å². The van der Waals surface area contributed by atoms with Crippen LogP contribution in [0.1, 0.15) is 79.9 Å². The molecule has 0 atom stereocenters. The second-order valence-electron chi connectivity index (χ2n) is 8.67. The minimum absolute atomic E-state index is 0.192. The lowest BCUT2D eigenvalue weighted by atomic mass is 9.96. The Hall–Kier alpha value is -3.86. The maximum atomic E-state index is 11.8. The third kappa shape index (κ3) is 10.7. The van der Waals surface area contributed by atoms with Crippen molar-refractivity contribution in [2.24, 2.45) is 32.2 Å². The molecular weight excluding hydrogens is 468 g/mol. The van der Waals surface area contributed by atoms with E-state index in [9.17, 15) is 4.79 Å². The van der Waals surface area contributed by atoms with E-state index < -0.39 is 0 Å². The Labute approximate surface area is 218 Å². The van der Waals surface area contributed by atoms with E-state index in [1.54, 1.807) is 30.5 Å². The Morgan fingerprint density at radius 2 is 1.81 bits per heavy atom. The Kier molecular flexibility index (Phi) is 13.3. The highest BCUT2D eigenvalue weighted by atomic mass is 16.2. The number of nitrogens with zero attached hydrogens (tertiary/aromatic N) is 5. The van der Waals surface area contributed by atoms with Gasteiger partial charge in [0.05, 0.1) is 6.04 Å². The standard InChI is InChI=1S/C13H18N4O.C12H17N5.CH5N/c14-13(16-10-6-2-1-3-7-10)17-12(18)11-8-4-5-9-15-11;1-14-7-6-11(13)15-12-8-10(16-17-12)9-4-2-3-5-9;1-2/h4-5,8-10H,1-3,6-7H2,(H3,14,16,17,18);6-9H,1-5H2,(H3,13,15,16,17);2H2,1H3/b;7-6-;. The molecule has 2 aliphatic rings. The third-order valence-electron chi connectivity index (χ3n) is 6.01. The Morgan fingerprint density at radius 3 is 2.46 bits per heavy atom. The van der Waals surface area contributed by atoms with Crippen LogP contribution in [0.15, 0.2) is 57.7 Å². The lowest BCUT2D eigenvalue weighted by Crippen LogP contribution is -2.38. The highest BCUT2D eigenvalue weighted by molar-refractivity contribution is 6.04. The summed E-state index contributed by atoms with van der Waals surface area (Å²) in [7, 11) is 1.50. The van der Waals surface area contributed by atoms with Gasteiger partial charge in [-0.1, -0.05) is 38.2 Å². The number of nitrogens with two attached hydrogens (primary N) is 3. The SMILES string of the molecule is C=N/C=C\C(N)=Nc1cc(C2CCCC2)[nH]n1.CN.NC(=NC1CCCCC1)NC(=O)c1ccccn1. The van der Waals surface area contributed by atoms with Gasteiger partial charge in [-0.05, 0) is 57.7 Å². The summed E-state index contributed by atoms with van der Waals surface area (Å²) in [5, 5.41) is 9.74. The van der Waals surface area contributed by atoms with Crippen molar-refractivity contribution in [1.29, 1.82) is 0 Å². The van der Waals surface area contributed by atoms with Crippen LogP contribution >= 0.6 is 0 Å². The number of carbonyl (C=O) groups excluding carboxylic acids is 1. The number of aromatic amines is 1. The first-order valence-corrected chi connectivity index (χ1v) is 12.7. The highest BCUT2D eigenvalue weighted by Crippen LogP contribution is 2.34. The molecule has 0 radical (unpaired) electrons. The highest BCUT2D eigenvalue weighted by Gasteiger charge is 2.19. The van der Waals surface area contributed by atoms with Gasteiger partial charge in [-0.15, -0.1) is 0 Å². The van der Waals surface area contributed by atoms with Gasteiger partial charge in [0.2, 0.25) is 0 Å². The van der Waals surface area contributed by atoms with Gasteiger partial charge in [-0.3, -0.25) is 25.2 Å². The van der Waals surface area contributed by atoms with E-state index in [1.165, 1.54) is 63.9 Å². The molecule has 200 valence electrons. The minimum atomic E-state index is -0.312. The number of amidine groups is 1. The largest absolute Gasteiger partial charge is 0.384 e. The number of aliphatic imine (C=N–C) groups is 3. The van der Waals surface area contributed by atoms with Crippen molar-refractivity contribution in [2.45, 2.75) is 69.7 Å². The molecule has 0 aliphatic heterocycles. The molecule has 8 N–H and O–H groups in total. The summed E-state index contributed by atoms with van der Waals surface area (Å²) in [4.78, 5) is 27.8. The molecule has 2 heterocycles. The van der Waals surface area contributed by atoms with E-state index in [0.717, 1.165) is 12.8 Å². The molecule has 2 aromatic heterocycles. The molecule has 0 bridgehead atoms. The van der Waals surface area contributed by atoms with Gasteiger partial charge < -0.3 is 17.2 Å². The van der Waals surface area contributed by atoms with E-state index in [1.807, 2.05) is 6.07 Å². The molecule has 2 aliphatic carbocycles. The van der Waals surface area contributed by atoms with Crippen LogP contribution in [0.4, 0.5) is 5.82 Å². The van der Waals surface area contributed by atoms with Crippen molar-refractivity contribution in [2.75, 3.05) is 7.05 Å². The number of guanidine groups is 1. The monoisotopic (exact) mass is 508 g/mol. The number of H-pyrrole nitrogens is 1. The van der Waals surface area contributed by atoms with Crippen LogP contribution in [0.2, 0.25) is 0 Å². The third-order valence-corrected chi connectivity index (χ3v) is 6.01. The van der Waals surface area contributed by atoms with E-state index in [-0.39, 0.29) is 17.9 Å². The lowest BCUT2D eigenvalue weighted by molar-refractivity contribution is 0.0971. The second-order valence-corrected chi connectivity index (χ2v) is 8.67. The van der Waals surface area contributed by atoms with Gasteiger partial charge in [-0.25, -0.2) is 9.98 Å². The van der Waals surface area contributed by atoms with Crippen molar-refractivity contribution in [1.82, 2.24) is 20.5 Å². The summed E-state index contributed by atoms with van der Waals surface area (Å²) in [5.74, 6) is 1.49. The van der Waals surface area contributed by atoms with Gasteiger partial charge >= 0.3 is 0 Å². The van der Waals surface area contributed by atoms with Crippen LogP contribution in [0.3, 0.4) is 0 Å². The smallest absolute Gasteiger partial charge is 0.276 e. The van der Waals surface area contributed by atoms with E-state index in [2.05, 4.69) is 47.9 Å². The van der Waals surface area contributed by atoms with Crippen molar-refractivity contribution < 1.29 is 4.79 Å². The molecule has 0 unspecified atom stereocenters. The van der Waals surface area contributed by atoms with Crippen molar-refractivity contribution in [3.63, 3.8) is 0 Å². The fourth-order valence-electron chi connectivity index (χ4n) is 4.24. The molecule has 2 fully saturated rings. The molecular formula is C26H40N10O. The van der Waals surface area contributed by atoms with Gasteiger partial charge in [0.1, 0.15) is 11.5 Å². The summed E-state index contributed by atoms with van der Waals surface area (Å²) in [5.41, 5.74) is 17.4. The lowest BCUT2D eigenvalue weighted by Gasteiger charge is -2.18. The predicted octanol–water partition coefficient (Wildman–Crippen LogP) is 3.30. The van der Waals surface area contributed by atoms with Crippen LogP contribution in [0, 0.1) is 0 Å². The number of hydrogen-bond acceptors (Lipinski definition) is 7. The fraction of sp³-hybridized carbons (Fsp3) is 0.462. The Morgan fingerprint density at radius 1 is 1.11 bits per heavy atom. The average molecular weight is 509 g/mol. The number of hydrogen-bond donors (Lipinski definition) is 5. The second kappa shape index (κ2) is 16.7. The number of nitrogens with one attached hydrogen (secondary N) is 2. The zero-order valence-corrected chi connectivity index (χ0v) is 21.6. The van der Waals surface area contributed by atoms with Crippen LogP contribution in [0.5, 0.6) is 0 Å². The first-order valence-electron chi connectivity index (χ1n) is 12.7. The Balaban J connectivity index is 0.000000244. The molecule has 1 amide bonds. The fourth-order valence-corrected chi connectivity index (χ4v) is 4.24. The maximum Gasteiger partial charge on any atom is 0.276 e. The van der Waals surface area contributed by atoms with Crippen LogP contribution in [0.25, 0.3) is 0 Å². The number of amides is 1. The molecule has 11 nitrogen and oxygen atoms in total. The number of rotatable bonds is 6. The van der Waals surface area contributed by atoms with E-state index in [0.29, 0.717) is 23.3 Å². The van der Waals surface area contributed by atoms with Gasteiger partial charge in [0.25, 0.3) is 5.91 Å². The minimum Gasteiger partial charge on any atom is -0.384 e.